The SMILES string of the molecule is COc1ccc(C(O)C(C)NC(=O)/C=C/c2csc(C)n2)cc1. The molecule has 122 valence electrons. The molecule has 0 aliphatic carbocycles. The van der Waals surface area contributed by atoms with Crippen molar-refractivity contribution < 1.29 is 14.6 Å². The summed E-state index contributed by atoms with van der Waals surface area (Å²) in [6, 6.07) is 6.69. The number of hydrogen-bond acceptors (Lipinski definition) is 5. The Kier molecular flexibility index (Phi) is 5.90. The van der Waals surface area contributed by atoms with Gasteiger partial charge in [-0.05, 0) is 37.6 Å². The lowest BCUT2D eigenvalue weighted by atomic mass is 10.0. The number of aliphatic hydroxyl groups is 1. The van der Waals surface area contributed by atoms with Gasteiger partial charge in [0.25, 0.3) is 0 Å². The maximum atomic E-state index is 11.9. The van der Waals surface area contributed by atoms with Crippen LogP contribution in [0.15, 0.2) is 35.7 Å². The predicted molar refractivity (Wildman–Crippen MR) is 91.4 cm³/mol. The molecule has 0 aliphatic rings. The summed E-state index contributed by atoms with van der Waals surface area (Å²) in [7, 11) is 1.59. The molecule has 5 nitrogen and oxygen atoms in total. The van der Waals surface area contributed by atoms with Crippen molar-refractivity contribution in [1.29, 1.82) is 0 Å². The van der Waals surface area contributed by atoms with Crippen LogP contribution in [0.2, 0.25) is 0 Å². The zero-order valence-corrected chi connectivity index (χ0v) is 14.1. The molecule has 0 spiro atoms. The third-order valence-corrected chi connectivity index (χ3v) is 4.13. The van der Waals surface area contributed by atoms with Crippen molar-refractivity contribution in [2.75, 3.05) is 7.11 Å². The van der Waals surface area contributed by atoms with Crippen molar-refractivity contribution in [3.63, 3.8) is 0 Å². The largest absolute Gasteiger partial charge is 0.497 e. The van der Waals surface area contributed by atoms with Crippen LogP contribution in [0.4, 0.5) is 0 Å². The van der Waals surface area contributed by atoms with Crippen molar-refractivity contribution in [3.05, 3.63) is 52.0 Å². The molecule has 0 radical (unpaired) electrons. The summed E-state index contributed by atoms with van der Waals surface area (Å²) in [5.74, 6) is 0.454. The number of hydrogen-bond donors (Lipinski definition) is 2. The Morgan fingerprint density at radius 3 is 2.65 bits per heavy atom. The Balaban J connectivity index is 1.92. The number of rotatable bonds is 6. The maximum Gasteiger partial charge on any atom is 0.244 e. The van der Waals surface area contributed by atoms with Gasteiger partial charge < -0.3 is 15.2 Å². The number of nitrogens with one attached hydrogen (secondary N) is 1. The molecular weight excluding hydrogens is 312 g/mol. The van der Waals surface area contributed by atoms with Gasteiger partial charge in [0, 0.05) is 11.5 Å². The molecule has 0 bridgehead atoms. The quantitative estimate of drug-likeness (QED) is 0.798. The molecule has 1 aromatic heterocycles. The molecule has 2 aromatic rings. The highest BCUT2D eigenvalue weighted by Gasteiger charge is 2.17. The second-order valence-electron chi connectivity index (χ2n) is 5.14. The number of ether oxygens (including phenoxy) is 1. The van der Waals surface area contributed by atoms with E-state index in [0.717, 1.165) is 22.0 Å². The van der Waals surface area contributed by atoms with Gasteiger partial charge in [0.15, 0.2) is 0 Å². The summed E-state index contributed by atoms with van der Waals surface area (Å²) in [5, 5.41) is 15.9. The van der Waals surface area contributed by atoms with E-state index in [0.29, 0.717) is 0 Å². The van der Waals surface area contributed by atoms with E-state index in [1.165, 1.54) is 17.4 Å². The minimum Gasteiger partial charge on any atom is -0.497 e. The lowest BCUT2D eigenvalue weighted by Crippen LogP contribution is -2.36. The van der Waals surface area contributed by atoms with Crippen LogP contribution < -0.4 is 10.1 Å². The number of thiazole rings is 1. The Labute approximate surface area is 139 Å². The second kappa shape index (κ2) is 7.89. The van der Waals surface area contributed by atoms with Gasteiger partial charge in [-0.3, -0.25) is 4.79 Å². The summed E-state index contributed by atoms with van der Waals surface area (Å²) in [4.78, 5) is 16.2. The molecular formula is C17H20N2O3S. The summed E-state index contributed by atoms with van der Waals surface area (Å²) in [5.41, 5.74) is 1.48. The smallest absolute Gasteiger partial charge is 0.244 e. The minimum absolute atomic E-state index is 0.268. The van der Waals surface area contributed by atoms with E-state index in [1.54, 1.807) is 44.4 Å². The van der Waals surface area contributed by atoms with E-state index in [9.17, 15) is 9.90 Å². The topological polar surface area (TPSA) is 71.5 Å². The molecule has 23 heavy (non-hydrogen) atoms. The highest BCUT2D eigenvalue weighted by atomic mass is 32.1. The first-order chi connectivity index (χ1) is 11.0. The summed E-state index contributed by atoms with van der Waals surface area (Å²) in [6.45, 7) is 3.67. The first kappa shape index (κ1) is 17.2. The highest BCUT2D eigenvalue weighted by Crippen LogP contribution is 2.20. The number of carbonyl (C=O) groups excluding carboxylic acids is 1. The lowest BCUT2D eigenvalue weighted by molar-refractivity contribution is -0.117. The Bertz CT molecular complexity index is 679. The van der Waals surface area contributed by atoms with Crippen LogP contribution in [0.1, 0.15) is 29.3 Å². The van der Waals surface area contributed by atoms with Crippen LogP contribution >= 0.6 is 11.3 Å². The zero-order valence-electron chi connectivity index (χ0n) is 13.3. The summed E-state index contributed by atoms with van der Waals surface area (Å²) < 4.78 is 5.08. The number of aliphatic hydroxyl groups excluding tert-OH is 1. The summed E-state index contributed by atoms with van der Waals surface area (Å²) in [6.07, 6.45) is 2.29. The zero-order chi connectivity index (χ0) is 16.8. The fourth-order valence-electron chi connectivity index (χ4n) is 2.06. The van der Waals surface area contributed by atoms with Crippen LogP contribution in [0.25, 0.3) is 6.08 Å². The van der Waals surface area contributed by atoms with Crippen LogP contribution in [0, 0.1) is 6.92 Å². The third kappa shape index (κ3) is 4.91. The molecule has 6 heteroatoms. The molecule has 0 aliphatic heterocycles. The van der Waals surface area contributed by atoms with E-state index in [4.69, 9.17) is 4.74 Å². The number of methoxy groups -OCH3 is 1. The molecule has 0 saturated heterocycles. The summed E-state index contributed by atoms with van der Waals surface area (Å²) >= 11 is 1.53. The molecule has 2 unspecified atom stereocenters. The van der Waals surface area contributed by atoms with Crippen molar-refractivity contribution in [1.82, 2.24) is 10.3 Å². The molecule has 2 N–H and O–H groups in total. The fourth-order valence-corrected chi connectivity index (χ4v) is 2.64. The van der Waals surface area contributed by atoms with Gasteiger partial charge in [0.2, 0.25) is 5.91 Å². The van der Waals surface area contributed by atoms with Crippen LogP contribution in [-0.4, -0.2) is 29.1 Å². The molecule has 1 heterocycles. The number of nitrogens with zero attached hydrogens (tertiary/aromatic N) is 1. The lowest BCUT2D eigenvalue weighted by Gasteiger charge is -2.20. The normalized spacial score (nSPS) is 13.7. The first-order valence-electron chi connectivity index (χ1n) is 7.22. The van der Waals surface area contributed by atoms with Gasteiger partial charge in [0.05, 0.1) is 30.0 Å². The third-order valence-electron chi connectivity index (χ3n) is 3.34. The van der Waals surface area contributed by atoms with E-state index in [2.05, 4.69) is 10.3 Å². The van der Waals surface area contributed by atoms with Gasteiger partial charge in [0.1, 0.15) is 5.75 Å². The Morgan fingerprint density at radius 1 is 1.39 bits per heavy atom. The Morgan fingerprint density at radius 2 is 2.09 bits per heavy atom. The van der Waals surface area contributed by atoms with E-state index >= 15 is 0 Å². The number of aryl methyl sites for hydroxylation is 1. The van der Waals surface area contributed by atoms with Gasteiger partial charge >= 0.3 is 0 Å². The highest BCUT2D eigenvalue weighted by molar-refractivity contribution is 7.09. The number of amides is 1. The van der Waals surface area contributed by atoms with Crippen molar-refractivity contribution in [3.8, 4) is 5.75 Å². The molecule has 0 fully saturated rings. The maximum absolute atomic E-state index is 11.9. The fraction of sp³-hybridized carbons (Fsp3) is 0.294. The number of benzene rings is 1. The van der Waals surface area contributed by atoms with Crippen LogP contribution in [-0.2, 0) is 4.79 Å². The van der Waals surface area contributed by atoms with E-state index in [1.807, 2.05) is 12.3 Å². The minimum atomic E-state index is -0.792. The van der Waals surface area contributed by atoms with Gasteiger partial charge in [-0.2, -0.15) is 0 Å². The molecule has 1 amide bonds. The van der Waals surface area contributed by atoms with Crippen molar-refractivity contribution in [2.24, 2.45) is 0 Å². The van der Waals surface area contributed by atoms with Crippen molar-refractivity contribution in [2.45, 2.75) is 26.0 Å². The van der Waals surface area contributed by atoms with Crippen LogP contribution in [0.3, 0.4) is 0 Å². The molecule has 1 aromatic carbocycles. The van der Waals surface area contributed by atoms with Crippen LogP contribution in [0.5, 0.6) is 5.75 Å². The van der Waals surface area contributed by atoms with E-state index in [-0.39, 0.29) is 5.91 Å². The number of carbonyl (C=O) groups is 1. The average Bonchev–Trinajstić information content (AvgIpc) is 2.97. The number of aromatic nitrogens is 1. The monoisotopic (exact) mass is 332 g/mol. The van der Waals surface area contributed by atoms with E-state index < -0.39 is 12.1 Å². The van der Waals surface area contributed by atoms with Crippen molar-refractivity contribution >= 4 is 23.3 Å². The molecule has 0 saturated carbocycles. The predicted octanol–water partition coefficient (Wildman–Crippen LogP) is 2.71. The molecule has 2 atom stereocenters. The van der Waals surface area contributed by atoms with Gasteiger partial charge in [-0.15, -0.1) is 11.3 Å². The average molecular weight is 332 g/mol. The van der Waals surface area contributed by atoms with Gasteiger partial charge in [-0.25, -0.2) is 4.98 Å². The molecule has 2 rings (SSSR count). The second-order valence-corrected chi connectivity index (χ2v) is 6.20. The Hall–Kier alpha value is -2.18. The van der Waals surface area contributed by atoms with Gasteiger partial charge in [-0.1, -0.05) is 12.1 Å². The standard InChI is InChI=1S/C17H20N2O3S/c1-11(17(21)13-4-7-15(22-3)8-5-13)18-16(20)9-6-14-10-23-12(2)19-14/h4-11,17,21H,1-3H3,(H,18,20)/b9-6+. The first-order valence-corrected chi connectivity index (χ1v) is 8.10.